The van der Waals surface area contributed by atoms with Gasteiger partial charge in [-0.15, -0.1) is 0 Å². The monoisotopic (exact) mass is 416 g/mol. The van der Waals surface area contributed by atoms with E-state index in [4.69, 9.17) is 13.9 Å². The molecular formula is C21H20O9. The summed E-state index contributed by atoms with van der Waals surface area (Å²) in [6, 6.07) is 8.46. The van der Waals surface area contributed by atoms with Gasteiger partial charge < -0.3 is 39.4 Å². The van der Waals surface area contributed by atoms with Crippen molar-refractivity contribution in [2.45, 2.75) is 37.6 Å². The molecule has 5 atom stereocenters. The van der Waals surface area contributed by atoms with Crippen molar-refractivity contribution in [1.82, 2.24) is 0 Å². The highest BCUT2D eigenvalue weighted by molar-refractivity contribution is 5.88. The molecule has 2 aromatic carbocycles. The molecule has 0 bridgehead atoms. The van der Waals surface area contributed by atoms with Crippen LogP contribution in [-0.2, 0) is 4.74 Å². The van der Waals surface area contributed by atoms with Crippen molar-refractivity contribution in [2.24, 2.45) is 0 Å². The third-order valence-corrected chi connectivity index (χ3v) is 5.07. The number of aliphatic hydroxyl groups is 3. The first kappa shape index (κ1) is 20.2. The molecule has 0 radical (unpaired) electrons. The van der Waals surface area contributed by atoms with Crippen LogP contribution in [0.25, 0.3) is 22.1 Å². The van der Waals surface area contributed by atoms with Crippen LogP contribution in [0.4, 0.5) is 0 Å². The van der Waals surface area contributed by atoms with Crippen LogP contribution in [0.15, 0.2) is 51.9 Å². The fourth-order valence-corrected chi connectivity index (χ4v) is 3.36. The van der Waals surface area contributed by atoms with Gasteiger partial charge >= 0.3 is 0 Å². The highest BCUT2D eigenvalue weighted by Crippen LogP contribution is 2.32. The van der Waals surface area contributed by atoms with E-state index in [9.17, 15) is 30.3 Å². The van der Waals surface area contributed by atoms with E-state index in [1.54, 1.807) is 12.1 Å². The van der Waals surface area contributed by atoms with Crippen molar-refractivity contribution in [2.75, 3.05) is 0 Å². The molecule has 0 saturated carbocycles. The molecule has 1 aromatic heterocycles. The molecule has 9 heteroatoms. The van der Waals surface area contributed by atoms with Crippen LogP contribution in [0.2, 0.25) is 0 Å². The SMILES string of the molecule is C[C@H]1O[C@H](Oc2cc(O)c3c(=O)c(-c4ccc(O)cc4)coc3c2)[C@@H](O)[C@@H](O)[C@@H]1O. The van der Waals surface area contributed by atoms with Crippen LogP contribution in [-0.4, -0.2) is 56.2 Å². The number of aliphatic hydroxyl groups excluding tert-OH is 3. The minimum Gasteiger partial charge on any atom is -0.508 e. The number of aromatic hydroxyl groups is 2. The van der Waals surface area contributed by atoms with Crippen LogP contribution in [0.1, 0.15) is 6.92 Å². The second-order valence-electron chi connectivity index (χ2n) is 7.14. The summed E-state index contributed by atoms with van der Waals surface area (Å²) in [5, 5.41) is 49.5. The number of benzene rings is 2. The maximum absolute atomic E-state index is 12.9. The molecule has 5 N–H and O–H groups in total. The molecule has 3 aromatic rings. The smallest absolute Gasteiger partial charge is 0.229 e. The van der Waals surface area contributed by atoms with E-state index in [-0.39, 0.29) is 28.0 Å². The molecular weight excluding hydrogens is 396 g/mol. The van der Waals surface area contributed by atoms with E-state index in [0.29, 0.717) is 5.56 Å². The standard InChI is InChI=1S/C21H20O9/c1-9-17(24)19(26)20(27)21(29-9)30-12-6-14(23)16-15(7-12)28-8-13(18(16)25)10-2-4-11(22)5-3-10/h2-9,17,19-24,26-27H,1H3/t9-,17-,19+,20+,21-/m1/s1. The molecule has 1 aliphatic rings. The van der Waals surface area contributed by atoms with Crippen LogP contribution < -0.4 is 10.2 Å². The average molecular weight is 416 g/mol. The van der Waals surface area contributed by atoms with Crippen LogP contribution in [0, 0.1) is 0 Å². The van der Waals surface area contributed by atoms with Crippen molar-refractivity contribution in [1.29, 1.82) is 0 Å². The van der Waals surface area contributed by atoms with Crippen molar-refractivity contribution in [3.63, 3.8) is 0 Å². The van der Waals surface area contributed by atoms with E-state index < -0.39 is 41.9 Å². The van der Waals surface area contributed by atoms with Gasteiger partial charge in [-0.3, -0.25) is 4.79 Å². The molecule has 9 nitrogen and oxygen atoms in total. The van der Waals surface area contributed by atoms with Gasteiger partial charge in [-0.25, -0.2) is 0 Å². The van der Waals surface area contributed by atoms with Gasteiger partial charge in [0, 0.05) is 12.1 Å². The predicted molar refractivity (Wildman–Crippen MR) is 104 cm³/mol. The van der Waals surface area contributed by atoms with Gasteiger partial charge in [-0.2, -0.15) is 0 Å². The highest BCUT2D eigenvalue weighted by atomic mass is 16.7. The Balaban J connectivity index is 1.69. The lowest BCUT2D eigenvalue weighted by atomic mass is 10.00. The third-order valence-electron chi connectivity index (χ3n) is 5.07. The molecule has 158 valence electrons. The number of hydrogen-bond acceptors (Lipinski definition) is 9. The topological polar surface area (TPSA) is 150 Å². The van der Waals surface area contributed by atoms with Gasteiger partial charge in [0.1, 0.15) is 52.8 Å². The lowest BCUT2D eigenvalue weighted by Gasteiger charge is -2.38. The Morgan fingerprint density at radius 3 is 2.37 bits per heavy atom. The zero-order valence-electron chi connectivity index (χ0n) is 15.8. The zero-order valence-corrected chi connectivity index (χ0v) is 15.8. The zero-order chi connectivity index (χ0) is 21.6. The number of ether oxygens (including phenoxy) is 2. The van der Waals surface area contributed by atoms with Gasteiger partial charge in [-0.1, -0.05) is 12.1 Å². The lowest BCUT2D eigenvalue weighted by Crippen LogP contribution is -2.58. The van der Waals surface area contributed by atoms with Gasteiger partial charge in [0.15, 0.2) is 0 Å². The number of fused-ring (bicyclic) bond motifs is 1. The van der Waals surface area contributed by atoms with Gasteiger partial charge in [-0.05, 0) is 24.6 Å². The van der Waals surface area contributed by atoms with Crippen molar-refractivity contribution in [3.05, 3.63) is 52.9 Å². The van der Waals surface area contributed by atoms with E-state index in [1.165, 1.54) is 31.4 Å². The first-order chi connectivity index (χ1) is 14.3. The second kappa shape index (κ2) is 7.62. The van der Waals surface area contributed by atoms with Crippen LogP contribution >= 0.6 is 0 Å². The minimum atomic E-state index is -1.53. The summed E-state index contributed by atoms with van der Waals surface area (Å²) < 4.78 is 16.4. The Labute approximate surface area is 170 Å². The Morgan fingerprint density at radius 1 is 0.967 bits per heavy atom. The fraction of sp³-hybridized carbons (Fsp3) is 0.286. The van der Waals surface area contributed by atoms with Gasteiger partial charge in [0.05, 0.1) is 11.7 Å². The van der Waals surface area contributed by atoms with Crippen molar-refractivity contribution in [3.8, 4) is 28.4 Å². The number of hydrogen-bond donors (Lipinski definition) is 5. The molecule has 0 amide bonds. The van der Waals surface area contributed by atoms with E-state index in [1.807, 2.05) is 0 Å². The molecule has 1 saturated heterocycles. The Morgan fingerprint density at radius 2 is 1.67 bits per heavy atom. The molecule has 2 heterocycles. The third kappa shape index (κ3) is 3.48. The molecule has 1 fully saturated rings. The number of phenols is 2. The summed E-state index contributed by atoms with van der Waals surface area (Å²) in [5.41, 5.74) is 0.260. The minimum absolute atomic E-state index is 0.0281. The highest BCUT2D eigenvalue weighted by Gasteiger charge is 2.43. The Bertz CT molecular complexity index is 1120. The van der Waals surface area contributed by atoms with E-state index in [2.05, 4.69) is 0 Å². The molecule has 1 aliphatic heterocycles. The molecule has 30 heavy (non-hydrogen) atoms. The van der Waals surface area contributed by atoms with E-state index in [0.717, 1.165) is 6.07 Å². The van der Waals surface area contributed by atoms with Crippen LogP contribution in [0.5, 0.6) is 17.2 Å². The first-order valence-corrected chi connectivity index (χ1v) is 9.20. The average Bonchev–Trinajstić information content (AvgIpc) is 2.71. The predicted octanol–water partition coefficient (Wildman–Crippen LogP) is 1.08. The summed E-state index contributed by atoms with van der Waals surface area (Å²) in [6.07, 6.45) is -5.15. The quantitative estimate of drug-likeness (QED) is 0.423. The largest absolute Gasteiger partial charge is 0.508 e. The Hall–Kier alpha value is -3.11. The first-order valence-electron chi connectivity index (χ1n) is 9.20. The summed E-state index contributed by atoms with van der Waals surface area (Å²) >= 11 is 0. The molecule has 0 aliphatic carbocycles. The number of phenolic OH excluding ortho intramolecular Hbond substituents is 2. The molecule has 4 rings (SSSR count). The fourth-order valence-electron chi connectivity index (χ4n) is 3.36. The maximum atomic E-state index is 12.9. The normalized spacial score (nSPS) is 26.6. The van der Waals surface area contributed by atoms with E-state index >= 15 is 0 Å². The lowest BCUT2D eigenvalue weighted by molar-refractivity contribution is -0.268. The summed E-state index contributed by atoms with van der Waals surface area (Å²) in [5.74, 6) is -0.330. The second-order valence-corrected chi connectivity index (χ2v) is 7.14. The maximum Gasteiger partial charge on any atom is 0.229 e. The van der Waals surface area contributed by atoms with Gasteiger partial charge in [0.25, 0.3) is 0 Å². The number of rotatable bonds is 3. The van der Waals surface area contributed by atoms with Crippen LogP contribution in [0.3, 0.4) is 0 Å². The molecule has 0 spiro atoms. The van der Waals surface area contributed by atoms with Crippen molar-refractivity contribution >= 4 is 11.0 Å². The summed E-state index contributed by atoms with van der Waals surface area (Å²) in [7, 11) is 0. The Kier molecular flexibility index (Phi) is 5.12. The molecule has 0 unspecified atom stereocenters. The summed E-state index contributed by atoms with van der Waals surface area (Å²) in [4.78, 5) is 12.9. The van der Waals surface area contributed by atoms with Gasteiger partial charge in [0.2, 0.25) is 11.7 Å². The summed E-state index contributed by atoms with van der Waals surface area (Å²) in [6.45, 7) is 1.51. The van der Waals surface area contributed by atoms with Crippen molar-refractivity contribution < 1.29 is 39.4 Å².